The molecule has 0 aliphatic heterocycles. The number of azo groups is 1. The van der Waals surface area contributed by atoms with Gasteiger partial charge < -0.3 is 9.47 Å². The molecule has 13 nitrogen and oxygen atoms in total. The van der Waals surface area contributed by atoms with Gasteiger partial charge in [-0.05, 0) is 12.1 Å². The highest BCUT2D eigenvalue weighted by atomic mass is 32.3. The van der Waals surface area contributed by atoms with Crippen molar-refractivity contribution in [1.29, 1.82) is 0 Å². The predicted octanol–water partition coefficient (Wildman–Crippen LogP) is 1.39. The molecule has 1 heterocycles. The maximum atomic E-state index is 11.3. The van der Waals surface area contributed by atoms with Crippen molar-refractivity contribution in [2.24, 2.45) is 17.3 Å². The van der Waals surface area contributed by atoms with Crippen molar-refractivity contribution in [3.8, 4) is 0 Å². The fourth-order valence-corrected chi connectivity index (χ4v) is 2.14. The third kappa shape index (κ3) is 5.27. The van der Waals surface area contributed by atoms with E-state index < -0.39 is 15.3 Å². The van der Waals surface area contributed by atoms with Crippen LogP contribution < -0.4 is 4.90 Å². The Balaban J connectivity index is 2.19. The van der Waals surface area contributed by atoms with Crippen LogP contribution in [0.4, 0.5) is 23.0 Å². The molecule has 2 rings (SSSR count). The highest BCUT2D eigenvalue weighted by Gasteiger charge is 2.17. The summed E-state index contributed by atoms with van der Waals surface area (Å²) in [5.74, 6) is 0.183. The van der Waals surface area contributed by atoms with Gasteiger partial charge in [0.05, 0.1) is 11.5 Å². The summed E-state index contributed by atoms with van der Waals surface area (Å²) in [6.45, 7) is -0.256. The van der Waals surface area contributed by atoms with Gasteiger partial charge in [0.2, 0.25) is 0 Å². The maximum Gasteiger partial charge on any atom is 0.397 e. The molecule has 0 unspecified atom stereocenters. The van der Waals surface area contributed by atoms with E-state index in [4.69, 9.17) is 4.55 Å². The van der Waals surface area contributed by atoms with Gasteiger partial charge >= 0.3 is 10.4 Å². The molecule has 0 atom stereocenters. The summed E-state index contributed by atoms with van der Waals surface area (Å²) in [7, 11) is -1.31. The first kappa shape index (κ1) is 19.4. The summed E-state index contributed by atoms with van der Waals surface area (Å²) in [5.41, 5.74) is 0.147. The number of likely N-dealkylation sites (N-methyl/N-ethyl adjacent to an activating group) is 1. The molecule has 26 heavy (non-hydrogen) atoms. The van der Waals surface area contributed by atoms with Crippen LogP contribution >= 0.6 is 0 Å². The van der Waals surface area contributed by atoms with Gasteiger partial charge in [0.1, 0.15) is 6.33 Å². The van der Waals surface area contributed by atoms with Crippen LogP contribution in [0.25, 0.3) is 0 Å². The van der Waals surface area contributed by atoms with Crippen LogP contribution in [-0.2, 0) is 21.6 Å². The third-order valence-electron chi connectivity index (χ3n) is 3.19. The second-order valence-corrected chi connectivity index (χ2v) is 6.13. The first-order valence-electron chi connectivity index (χ1n) is 7.04. The quantitative estimate of drug-likeness (QED) is 0.306. The summed E-state index contributed by atoms with van der Waals surface area (Å²) in [5, 5.41) is 26.2. The molecular weight excluding hydrogens is 370 g/mol. The lowest BCUT2D eigenvalue weighted by atomic mass is 10.2. The zero-order chi connectivity index (χ0) is 19.3. The fourth-order valence-electron chi connectivity index (χ4n) is 1.85. The number of aromatic nitrogens is 3. The van der Waals surface area contributed by atoms with Crippen molar-refractivity contribution in [2.45, 2.75) is 0 Å². The zero-order valence-electron chi connectivity index (χ0n) is 13.8. The van der Waals surface area contributed by atoms with Crippen molar-refractivity contribution in [3.63, 3.8) is 0 Å². The minimum Gasteiger partial charge on any atom is -0.372 e. The highest BCUT2D eigenvalue weighted by Crippen LogP contribution is 2.32. The summed E-state index contributed by atoms with van der Waals surface area (Å²) >= 11 is 0. The van der Waals surface area contributed by atoms with Gasteiger partial charge in [0, 0.05) is 32.4 Å². The summed E-state index contributed by atoms with van der Waals surface area (Å²) in [6.07, 6.45) is 1.41. The van der Waals surface area contributed by atoms with E-state index in [1.165, 1.54) is 27.9 Å². The van der Waals surface area contributed by atoms with E-state index in [2.05, 4.69) is 24.6 Å². The Hall–Kier alpha value is -2.97. The number of nitrogens with zero attached hydrogens (tertiary/aromatic N) is 7. The number of anilines is 1. The van der Waals surface area contributed by atoms with Crippen LogP contribution in [0.15, 0.2) is 34.8 Å². The van der Waals surface area contributed by atoms with Crippen LogP contribution in [0.5, 0.6) is 0 Å². The van der Waals surface area contributed by atoms with Crippen molar-refractivity contribution in [3.05, 3.63) is 34.6 Å². The Morgan fingerprint density at radius 1 is 1.42 bits per heavy atom. The number of hydrogen-bond acceptors (Lipinski definition) is 10. The average molecular weight is 385 g/mol. The SMILES string of the molecule is CN(CCOS(=O)(=O)O)c1ccc(N=Nc2nncn2C)c([N+](=O)[O-])c1. The van der Waals surface area contributed by atoms with Gasteiger partial charge in [0.25, 0.3) is 11.6 Å². The molecule has 1 aromatic heterocycles. The number of hydrogen-bond donors (Lipinski definition) is 1. The third-order valence-corrected chi connectivity index (χ3v) is 3.65. The Kier molecular flexibility index (Phi) is 5.91. The number of aryl methyl sites for hydroxylation is 1. The van der Waals surface area contributed by atoms with Gasteiger partial charge in [-0.2, -0.15) is 8.42 Å². The van der Waals surface area contributed by atoms with E-state index >= 15 is 0 Å². The lowest BCUT2D eigenvalue weighted by molar-refractivity contribution is -0.384. The summed E-state index contributed by atoms with van der Waals surface area (Å²) in [6, 6.07) is 4.21. The zero-order valence-corrected chi connectivity index (χ0v) is 14.6. The van der Waals surface area contributed by atoms with Crippen LogP contribution in [0.2, 0.25) is 0 Å². The second-order valence-electron chi connectivity index (χ2n) is 5.04. The molecular formula is C12H15N7O6S. The van der Waals surface area contributed by atoms with Crippen molar-refractivity contribution in [1.82, 2.24) is 14.8 Å². The van der Waals surface area contributed by atoms with E-state index in [0.29, 0.717) is 5.69 Å². The molecule has 1 aromatic carbocycles. The maximum absolute atomic E-state index is 11.3. The standard InChI is InChI=1S/C12H15N7O6S/c1-17(5-6-25-26(22,23)24)9-3-4-10(11(7-9)19(20)21)14-16-12-15-13-8-18(12)2/h3-4,7-8H,5-6H2,1-2H3,(H,22,23,24). The average Bonchev–Trinajstić information content (AvgIpc) is 2.96. The van der Waals surface area contributed by atoms with Gasteiger partial charge in [-0.1, -0.05) is 0 Å². The molecule has 0 aliphatic carbocycles. The molecule has 0 saturated carbocycles. The van der Waals surface area contributed by atoms with Gasteiger partial charge in [0.15, 0.2) is 5.69 Å². The Morgan fingerprint density at radius 3 is 2.73 bits per heavy atom. The smallest absolute Gasteiger partial charge is 0.372 e. The first-order valence-corrected chi connectivity index (χ1v) is 8.41. The number of benzene rings is 1. The first-order chi connectivity index (χ1) is 12.2. The summed E-state index contributed by atoms with van der Waals surface area (Å²) in [4.78, 5) is 12.2. The van der Waals surface area contributed by atoms with E-state index in [9.17, 15) is 18.5 Å². The van der Waals surface area contributed by atoms with E-state index in [0.717, 1.165) is 0 Å². The molecule has 0 bridgehead atoms. The van der Waals surface area contributed by atoms with Crippen molar-refractivity contribution >= 4 is 33.4 Å². The number of nitro benzene ring substituents is 1. The van der Waals surface area contributed by atoms with Crippen molar-refractivity contribution in [2.75, 3.05) is 25.1 Å². The number of nitro groups is 1. The molecule has 0 amide bonds. The molecule has 14 heteroatoms. The molecule has 0 spiro atoms. The van der Waals surface area contributed by atoms with Gasteiger partial charge in [-0.15, -0.1) is 20.4 Å². The summed E-state index contributed by atoms with van der Waals surface area (Å²) < 4.78 is 35.3. The fraction of sp³-hybridized carbons (Fsp3) is 0.333. The highest BCUT2D eigenvalue weighted by molar-refractivity contribution is 7.80. The molecule has 0 radical (unpaired) electrons. The molecule has 0 aliphatic rings. The molecule has 1 N–H and O–H groups in total. The van der Waals surface area contributed by atoms with Gasteiger partial charge in [-0.25, -0.2) is 4.18 Å². The number of rotatable bonds is 8. The minimum absolute atomic E-state index is 0.0179. The van der Waals surface area contributed by atoms with Gasteiger partial charge in [-0.3, -0.25) is 14.7 Å². The largest absolute Gasteiger partial charge is 0.397 e. The second kappa shape index (κ2) is 7.94. The molecule has 0 fully saturated rings. The van der Waals surface area contributed by atoms with E-state index in [-0.39, 0.29) is 30.5 Å². The Morgan fingerprint density at radius 2 is 2.15 bits per heavy atom. The van der Waals surface area contributed by atoms with E-state index in [1.807, 2.05) is 0 Å². The topological polar surface area (TPSA) is 165 Å². The Bertz CT molecular complexity index is 926. The lowest BCUT2D eigenvalue weighted by Gasteiger charge is -2.18. The monoisotopic (exact) mass is 385 g/mol. The van der Waals surface area contributed by atoms with Crippen LogP contribution in [-0.4, -0.2) is 52.9 Å². The predicted molar refractivity (Wildman–Crippen MR) is 89.0 cm³/mol. The van der Waals surface area contributed by atoms with Crippen LogP contribution in [0.1, 0.15) is 0 Å². The van der Waals surface area contributed by atoms with Crippen LogP contribution in [0, 0.1) is 10.1 Å². The minimum atomic E-state index is -4.54. The molecule has 140 valence electrons. The Labute approximate surface area is 148 Å². The normalized spacial score (nSPS) is 11.8. The van der Waals surface area contributed by atoms with E-state index in [1.54, 1.807) is 20.2 Å². The lowest BCUT2D eigenvalue weighted by Crippen LogP contribution is -2.23. The molecule has 2 aromatic rings. The van der Waals surface area contributed by atoms with Crippen LogP contribution in [0.3, 0.4) is 0 Å². The molecule has 0 saturated heterocycles. The van der Waals surface area contributed by atoms with Crippen molar-refractivity contribution < 1.29 is 22.1 Å².